The Bertz CT molecular complexity index is 391. The van der Waals surface area contributed by atoms with Gasteiger partial charge in [-0.25, -0.2) is 4.39 Å². The predicted octanol–water partition coefficient (Wildman–Crippen LogP) is 3.05. The van der Waals surface area contributed by atoms with E-state index in [-0.39, 0.29) is 10.8 Å². The fraction of sp³-hybridized carbons (Fsp3) is 0.571. The molecule has 1 fully saturated rings. The van der Waals surface area contributed by atoms with Crippen LogP contribution in [0.5, 0.6) is 0 Å². The average Bonchev–Trinajstić information content (AvgIpc) is 2.87. The second kappa shape index (κ2) is 6.50. The highest BCUT2D eigenvalue weighted by molar-refractivity contribution is 6.30. The maximum Gasteiger partial charge on any atom is 0.142 e. The number of hydrogen-bond donors (Lipinski definition) is 1. The van der Waals surface area contributed by atoms with E-state index in [1.54, 1.807) is 6.07 Å². The third-order valence-corrected chi connectivity index (χ3v) is 3.82. The van der Waals surface area contributed by atoms with Crippen LogP contribution >= 0.6 is 11.6 Å². The number of nitrogens with zero attached hydrogens (tertiary/aromatic N) is 1. The van der Waals surface area contributed by atoms with Crippen LogP contribution in [0.2, 0.25) is 5.02 Å². The minimum Gasteiger partial charge on any atom is -0.311 e. The number of halogens is 2. The molecule has 0 spiro atoms. The molecule has 1 aromatic carbocycles. The first-order valence-electron chi connectivity index (χ1n) is 6.55. The number of likely N-dealkylation sites (tertiary alicyclic amines) is 1. The van der Waals surface area contributed by atoms with E-state index >= 15 is 0 Å². The Kier molecular flexibility index (Phi) is 4.98. The first-order chi connectivity index (χ1) is 8.66. The van der Waals surface area contributed by atoms with Crippen LogP contribution in [-0.2, 0) is 6.54 Å². The molecule has 0 aromatic heterocycles. The van der Waals surface area contributed by atoms with Gasteiger partial charge in [0.2, 0.25) is 0 Å². The van der Waals surface area contributed by atoms with E-state index in [1.807, 2.05) is 6.07 Å². The smallest absolute Gasteiger partial charge is 0.142 e. The second-order valence-electron chi connectivity index (χ2n) is 4.97. The van der Waals surface area contributed by atoms with Gasteiger partial charge in [-0.15, -0.1) is 0 Å². The van der Waals surface area contributed by atoms with Crippen molar-refractivity contribution in [2.75, 3.05) is 19.6 Å². The molecule has 1 saturated heterocycles. The van der Waals surface area contributed by atoms with Gasteiger partial charge >= 0.3 is 0 Å². The van der Waals surface area contributed by atoms with Crippen molar-refractivity contribution in [2.24, 2.45) is 0 Å². The molecule has 0 saturated carbocycles. The Hall–Kier alpha value is -0.640. The first kappa shape index (κ1) is 13.8. The van der Waals surface area contributed by atoms with Crippen molar-refractivity contribution < 1.29 is 4.39 Å². The van der Waals surface area contributed by atoms with E-state index in [0.29, 0.717) is 12.6 Å². The molecule has 0 amide bonds. The van der Waals surface area contributed by atoms with Gasteiger partial charge in [0.05, 0.1) is 5.02 Å². The van der Waals surface area contributed by atoms with E-state index in [1.165, 1.54) is 32.0 Å². The molecule has 1 aliphatic heterocycles. The average molecular weight is 271 g/mol. The first-order valence-corrected chi connectivity index (χ1v) is 6.93. The van der Waals surface area contributed by atoms with Gasteiger partial charge in [-0.3, -0.25) is 4.90 Å². The van der Waals surface area contributed by atoms with Crippen molar-refractivity contribution in [2.45, 2.75) is 32.4 Å². The summed E-state index contributed by atoms with van der Waals surface area (Å²) >= 11 is 5.65. The number of hydrogen-bond acceptors (Lipinski definition) is 2. The van der Waals surface area contributed by atoms with Crippen LogP contribution in [0.25, 0.3) is 0 Å². The lowest BCUT2D eigenvalue weighted by Gasteiger charge is -2.23. The summed E-state index contributed by atoms with van der Waals surface area (Å²) in [4.78, 5) is 2.50. The van der Waals surface area contributed by atoms with Crippen LogP contribution in [0.1, 0.15) is 25.3 Å². The molecule has 1 unspecified atom stereocenters. The molecule has 2 nitrogen and oxygen atoms in total. The van der Waals surface area contributed by atoms with E-state index in [9.17, 15) is 4.39 Å². The number of rotatable bonds is 5. The van der Waals surface area contributed by atoms with Crippen LogP contribution in [0.3, 0.4) is 0 Å². The second-order valence-corrected chi connectivity index (χ2v) is 5.38. The molecule has 0 aliphatic carbocycles. The molecule has 100 valence electrons. The molecule has 1 aromatic rings. The fourth-order valence-corrected chi connectivity index (χ4v) is 2.50. The third kappa shape index (κ3) is 3.67. The molecule has 1 aliphatic rings. The normalized spacial score (nSPS) is 18.2. The van der Waals surface area contributed by atoms with Crippen molar-refractivity contribution in [3.05, 3.63) is 34.6 Å². The zero-order valence-electron chi connectivity index (χ0n) is 10.8. The Morgan fingerprint density at radius 2 is 2.11 bits per heavy atom. The van der Waals surface area contributed by atoms with Gasteiger partial charge < -0.3 is 5.32 Å². The van der Waals surface area contributed by atoms with Crippen LogP contribution in [0, 0.1) is 5.82 Å². The topological polar surface area (TPSA) is 15.3 Å². The van der Waals surface area contributed by atoms with Crippen molar-refractivity contribution in [1.82, 2.24) is 10.2 Å². The summed E-state index contributed by atoms with van der Waals surface area (Å²) in [6, 6.07) is 5.51. The summed E-state index contributed by atoms with van der Waals surface area (Å²) in [6.07, 6.45) is 2.62. The van der Waals surface area contributed by atoms with Crippen LogP contribution in [0.15, 0.2) is 18.2 Å². The summed E-state index contributed by atoms with van der Waals surface area (Å²) in [5.41, 5.74) is 0.936. The third-order valence-electron chi connectivity index (χ3n) is 3.52. The number of benzene rings is 1. The number of nitrogens with one attached hydrogen (secondary N) is 1. The highest BCUT2D eigenvalue weighted by atomic mass is 35.5. The van der Waals surface area contributed by atoms with Gasteiger partial charge in [0.25, 0.3) is 0 Å². The van der Waals surface area contributed by atoms with Crippen LogP contribution < -0.4 is 5.32 Å². The van der Waals surface area contributed by atoms with Crippen molar-refractivity contribution in [1.29, 1.82) is 0 Å². The molecule has 18 heavy (non-hydrogen) atoms. The lowest BCUT2D eigenvalue weighted by Crippen LogP contribution is -2.38. The summed E-state index contributed by atoms with van der Waals surface area (Å²) in [5, 5.41) is 3.56. The molecule has 0 radical (unpaired) electrons. The lowest BCUT2D eigenvalue weighted by molar-refractivity contribution is 0.251. The lowest BCUT2D eigenvalue weighted by atomic mass is 10.2. The van der Waals surface area contributed by atoms with E-state index in [0.717, 1.165) is 12.1 Å². The SMILES string of the molecule is CC(CNCc1ccc(Cl)c(F)c1)N1CCCC1. The van der Waals surface area contributed by atoms with Crippen LogP contribution in [0.4, 0.5) is 4.39 Å². The largest absolute Gasteiger partial charge is 0.311 e. The van der Waals surface area contributed by atoms with Gasteiger partial charge in [-0.1, -0.05) is 17.7 Å². The monoisotopic (exact) mass is 270 g/mol. The summed E-state index contributed by atoms with van der Waals surface area (Å²) in [7, 11) is 0. The van der Waals surface area contributed by atoms with Crippen molar-refractivity contribution in [3.8, 4) is 0 Å². The van der Waals surface area contributed by atoms with Gasteiger partial charge in [0.15, 0.2) is 0 Å². The molecule has 1 heterocycles. The van der Waals surface area contributed by atoms with Gasteiger partial charge in [-0.2, -0.15) is 0 Å². The summed E-state index contributed by atoms with van der Waals surface area (Å²) in [5.74, 6) is -0.344. The molecular weight excluding hydrogens is 251 g/mol. The predicted molar refractivity (Wildman–Crippen MR) is 73.4 cm³/mol. The molecule has 1 N–H and O–H groups in total. The standard InChI is InChI=1S/C14H20ClFN2/c1-11(18-6-2-3-7-18)9-17-10-12-4-5-13(15)14(16)8-12/h4-5,8,11,17H,2-3,6-7,9-10H2,1H3. The van der Waals surface area contributed by atoms with Crippen molar-refractivity contribution >= 4 is 11.6 Å². The fourth-order valence-electron chi connectivity index (χ4n) is 2.39. The van der Waals surface area contributed by atoms with E-state index in [4.69, 9.17) is 11.6 Å². The molecule has 0 bridgehead atoms. The highest BCUT2D eigenvalue weighted by Crippen LogP contribution is 2.15. The van der Waals surface area contributed by atoms with Gasteiger partial charge in [0.1, 0.15) is 5.82 Å². The zero-order chi connectivity index (χ0) is 13.0. The zero-order valence-corrected chi connectivity index (χ0v) is 11.5. The Morgan fingerprint density at radius 1 is 1.39 bits per heavy atom. The summed E-state index contributed by atoms with van der Waals surface area (Å²) < 4.78 is 13.2. The van der Waals surface area contributed by atoms with E-state index in [2.05, 4.69) is 17.1 Å². The Morgan fingerprint density at radius 3 is 2.78 bits per heavy atom. The molecule has 4 heteroatoms. The van der Waals surface area contributed by atoms with Crippen LogP contribution in [-0.4, -0.2) is 30.6 Å². The summed E-state index contributed by atoms with van der Waals surface area (Å²) in [6.45, 7) is 6.27. The molecule has 2 rings (SSSR count). The minimum atomic E-state index is -0.344. The van der Waals surface area contributed by atoms with Gasteiger partial charge in [-0.05, 0) is 50.6 Å². The maximum atomic E-state index is 13.2. The van der Waals surface area contributed by atoms with Crippen molar-refractivity contribution in [3.63, 3.8) is 0 Å². The highest BCUT2D eigenvalue weighted by Gasteiger charge is 2.17. The van der Waals surface area contributed by atoms with Gasteiger partial charge in [0, 0.05) is 19.1 Å². The maximum absolute atomic E-state index is 13.2. The van der Waals surface area contributed by atoms with E-state index < -0.39 is 0 Å². The molecular formula is C14H20ClFN2. The quantitative estimate of drug-likeness (QED) is 0.885. The Labute approximate surface area is 113 Å². The minimum absolute atomic E-state index is 0.184. The Balaban J connectivity index is 1.75. The molecule has 1 atom stereocenters.